The van der Waals surface area contributed by atoms with Crippen molar-refractivity contribution in [3.05, 3.63) is 0 Å². The summed E-state index contributed by atoms with van der Waals surface area (Å²) in [6.45, 7) is 17.0. The van der Waals surface area contributed by atoms with Crippen LogP contribution in [0, 0.1) is 35.0 Å². The van der Waals surface area contributed by atoms with E-state index in [-0.39, 0.29) is 0 Å². The minimum atomic E-state index is 0.575. The van der Waals surface area contributed by atoms with E-state index in [4.69, 9.17) is 0 Å². The Kier molecular flexibility index (Phi) is 3.90. The largest absolute Gasteiger partial charge is 0.0651 e. The number of hydrogen-bond donors (Lipinski definition) is 0. The molecule has 0 aliphatic heterocycles. The first-order valence-electron chi connectivity index (χ1n) is 6.87. The molecule has 0 aromatic rings. The SMILES string of the molecule is CCC(C(C)C)C1C(CC)C(C)C1(C)C. The first-order chi connectivity index (χ1) is 6.87. The van der Waals surface area contributed by atoms with E-state index in [2.05, 4.69) is 48.5 Å². The zero-order chi connectivity index (χ0) is 11.8. The van der Waals surface area contributed by atoms with Crippen LogP contribution in [0.1, 0.15) is 61.3 Å². The smallest absolute Gasteiger partial charge is 0.0292 e. The lowest BCUT2D eigenvalue weighted by Gasteiger charge is -2.61. The van der Waals surface area contributed by atoms with Gasteiger partial charge in [0.15, 0.2) is 0 Å². The molecule has 0 bridgehead atoms. The second kappa shape index (κ2) is 4.47. The molecule has 0 radical (unpaired) electrons. The van der Waals surface area contributed by atoms with Gasteiger partial charge in [0.25, 0.3) is 0 Å². The quantitative estimate of drug-likeness (QED) is 0.613. The van der Waals surface area contributed by atoms with Gasteiger partial charge in [0.1, 0.15) is 0 Å². The van der Waals surface area contributed by atoms with Crippen LogP contribution in [0.3, 0.4) is 0 Å². The third-order valence-corrected chi connectivity index (χ3v) is 5.40. The molecule has 0 aromatic carbocycles. The second-order valence-electron chi connectivity index (χ2n) is 6.52. The molecule has 0 saturated heterocycles. The Hall–Kier alpha value is 0. The van der Waals surface area contributed by atoms with Crippen LogP contribution in [-0.4, -0.2) is 0 Å². The van der Waals surface area contributed by atoms with Gasteiger partial charge < -0.3 is 0 Å². The summed E-state index contributed by atoms with van der Waals surface area (Å²) in [4.78, 5) is 0. The van der Waals surface area contributed by atoms with Crippen molar-refractivity contribution in [2.75, 3.05) is 0 Å². The molecule has 1 fully saturated rings. The van der Waals surface area contributed by atoms with Crippen LogP contribution < -0.4 is 0 Å². The Labute approximate surface area is 96.8 Å². The zero-order valence-corrected chi connectivity index (χ0v) is 11.8. The number of hydrogen-bond acceptors (Lipinski definition) is 0. The van der Waals surface area contributed by atoms with Crippen LogP contribution in [-0.2, 0) is 0 Å². The van der Waals surface area contributed by atoms with Crippen molar-refractivity contribution in [3.8, 4) is 0 Å². The summed E-state index contributed by atoms with van der Waals surface area (Å²) < 4.78 is 0. The summed E-state index contributed by atoms with van der Waals surface area (Å²) >= 11 is 0. The van der Waals surface area contributed by atoms with Gasteiger partial charge in [-0.15, -0.1) is 0 Å². The van der Waals surface area contributed by atoms with Crippen molar-refractivity contribution in [2.24, 2.45) is 35.0 Å². The molecule has 4 unspecified atom stereocenters. The van der Waals surface area contributed by atoms with Gasteiger partial charge in [0.2, 0.25) is 0 Å². The second-order valence-corrected chi connectivity index (χ2v) is 6.52. The molecule has 15 heavy (non-hydrogen) atoms. The highest BCUT2D eigenvalue weighted by molar-refractivity contribution is 5.03. The van der Waals surface area contributed by atoms with Crippen LogP contribution in [0.25, 0.3) is 0 Å². The minimum Gasteiger partial charge on any atom is -0.0651 e. The Morgan fingerprint density at radius 3 is 2.00 bits per heavy atom. The van der Waals surface area contributed by atoms with E-state index in [0.717, 1.165) is 29.6 Å². The predicted octanol–water partition coefficient (Wildman–Crippen LogP) is 4.99. The monoisotopic (exact) mass is 210 g/mol. The van der Waals surface area contributed by atoms with Crippen LogP contribution in [0.4, 0.5) is 0 Å². The van der Waals surface area contributed by atoms with Crippen molar-refractivity contribution in [1.29, 1.82) is 0 Å². The molecular formula is C15H30. The van der Waals surface area contributed by atoms with E-state index in [1.165, 1.54) is 12.8 Å². The average Bonchev–Trinajstić information content (AvgIpc) is 2.17. The Morgan fingerprint density at radius 1 is 1.13 bits per heavy atom. The highest BCUT2D eigenvalue weighted by Crippen LogP contribution is 2.61. The maximum Gasteiger partial charge on any atom is -0.0292 e. The number of rotatable bonds is 4. The fraction of sp³-hybridized carbons (Fsp3) is 1.00. The van der Waals surface area contributed by atoms with Crippen LogP contribution in [0.2, 0.25) is 0 Å². The van der Waals surface area contributed by atoms with Gasteiger partial charge in [0, 0.05) is 0 Å². The fourth-order valence-corrected chi connectivity index (χ4v) is 4.22. The topological polar surface area (TPSA) is 0 Å². The maximum atomic E-state index is 2.49. The van der Waals surface area contributed by atoms with Gasteiger partial charge in [-0.2, -0.15) is 0 Å². The van der Waals surface area contributed by atoms with Gasteiger partial charge in [-0.05, 0) is 35.0 Å². The van der Waals surface area contributed by atoms with E-state index < -0.39 is 0 Å². The van der Waals surface area contributed by atoms with Crippen molar-refractivity contribution < 1.29 is 0 Å². The van der Waals surface area contributed by atoms with Gasteiger partial charge in [-0.25, -0.2) is 0 Å². The van der Waals surface area contributed by atoms with E-state index in [1.807, 2.05) is 0 Å². The van der Waals surface area contributed by atoms with E-state index in [1.54, 1.807) is 0 Å². The minimum absolute atomic E-state index is 0.575. The first-order valence-corrected chi connectivity index (χ1v) is 6.87. The molecule has 0 N–H and O–H groups in total. The Bertz CT molecular complexity index is 202. The molecule has 1 rings (SSSR count). The molecule has 1 aliphatic rings. The lowest BCUT2D eigenvalue weighted by Crippen LogP contribution is -2.55. The van der Waals surface area contributed by atoms with E-state index in [9.17, 15) is 0 Å². The summed E-state index contributed by atoms with van der Waals surface area (Å²) in [5.41, 5.74) is 0.575. The van der Waals surface area contributed by atoms with Gasteiger partial charge in [-0.3, -0.25) is 0 Å². The molecule has 4 atom stereocenters. The first kappa shape index (κ1) is 13.1. The molecule has 0 heterocycles. The third-order valence-electron chi connectivity index (χ3n) is 5.40. The van der Waals surface area contributed by atoms with Crippen molar-refractivity contribution in [3.63, 3.8) is 0 Å². The van der Waals surface area contributed by atoms with Crippen molar-refractivity contribution >= 4 is 0 Å². The summed E-state index contributed by atoms with van der Waals surface area (Å²) in [6, 6.07) is 0. The molecule has 0 spiro atoms. The Morgan fingerprint density at radius 2 is 1.67 bits per heavy atom. The van der Waals surface area contributed by atoms with E-state index >= 15 is 0 Å². The molecule has 1 saturated carbocycles. The van der Waals surface area contributed by atoms with Crippen LogP contribution in [0.15, 0.2) is 0 Å². The summed E-state index contributed by atoms with van der Waals surface area (Å²) in [5.74, 6) is 4.64. The maximum absolute atomic E-state index is 2.49. The standard InChI is InChI=1S/C15H30/c1-8-12(10(3)4)14-13(9-2)11(5)15(14,6)7/h10-14H,8-9H2,1-7H3. The highest BCUT2D eigenvalue weighted by atomic mass is 14.6. The molecule has 0 aromatic heterocycles. The normalized spacial score (nSPS) is 36.4. The fourth-order valence-electron chi connectivity index (χ4n) is 4.22. The average molecular weight is 210 g/mol. The lowest BCUT2D eigenvalue weighted by atomic mass is 9.44. The van der Waals surface area contributed by atoms with Crippen molar-refractivity contribution in [1.82, 2.24) is 0 Å². The Balaban J connectivity index is 2.82. The predicted molar refractivity (Wildman–Crippen MR) is 68.8 cm³/mol. The molecule has 90 valence electrons. The summed E-state index contributed by atoms with van der Waals surface area (Å²) in [5, 5.41) is 0. The van der Waals surface area contributed by atoms with E-state index in [0.29, 0.717) is 5.41 Å². The van der Waals surface area contributed by atoms with Gasteiger partial charge in [-0.1, -0.05) is 61.3 Å². The zero-order valence-electron chi connectivity index (χ0n) is 11.8. The van der Waals surface area contributed by atoms with Crippen LogP contribution in [0.5, 0.6) is 0 Å². The third kappa shape index (κ3) is 1.97. The van der Waals surface area contributed by atoms with Crippen molar-refractivity contribution in [2.45, 2.75) is 61.3 Å². The van der Waals surface area contributed by atoms with Crippen LogP contribution >= 0.6 is 0 Å². The summed E-state index contributed by atoms with van der Waals surface area (Å²) in [6.07, 6.45) is 2.73. The molecule has 0 nitrogen and oxygen atoms in total. The van der Waals surface area contributed by atoms with Gasteiger partial charge in [0.05, 0.1) is 0 Å². The summed E-state index contributed by atoms with van der Waals surface area (Å²) in [7, 11) is 0. The van der Waals surface area contributed by atoms with Gasteiger partial charge >= 0.3 is 0 Å². The molecular weight excluding hydrogens is 180 g/mol. The highest BCUT2D eigenvalue weighted by Gasteiger charge is 2.55. The molecule has 0 amide bonds. The molecule has 0 heteroatoms. The molecule has 1 aliphatic carbocycles. The lowest BCUT2D eigenvalue weighted by molar-refractivity contribution is -0.131.